The number of ether oxygens (including phenoxy) is 1. The van der Waals surface area contributed by atoms with Crippen molar-refractivity contribution >= 4 is 11.9 Å². The molecule has 0 amide bonds. The Kier molecular flexibility index (Phi) is 6.68. The lowest BCUT2D eigenvalue weighted by molar-refractivity contribution is -0.145. The Bertz CT molecular complexity index is 667. The van der Waals surface area contributed by atoms with Crippen LogP contribution in [-0.4, -0.2) is 29.3 Å². The van der Waals surface area contributed by atoms with Crippen LogP contribution in [0.3, 0.4) is 0 Å². The summed E-state index contributed by atoms with van der Waals surface area (Å²) in [6.45, 7) is 6.14. The molecule has 5 heteroatoms. The number of fused-ring (bicyclic) bond motifs is 1. The molecule has 5 nitrogen and oxygen atoms in total. The zero-order chi connectivity index (χ0) is 19.4. The molecular weight excluding hydrogens is 332 g/mol. The van der Waals surface area contributed by atoms with Crippen molar-refractivity contribution in [3.8, 4) is 5.75 Å². The predicted octanol–water partition coefficient (Wildman–Crippen LogP) is 4.69. The largest absolute Gasteiger partial charge is 0.508 e. The summed E-state index contributed by atoms with van der Waals surface area (Å²) in [7, 11) is 1.41. The van der Waals surface area contributed by atoms with Crippen molar-refractivity contribution in [3.05, 3.63) is 28.8 Å². The van der Waals surface area contributed by atoms with Crippen LogP contribution in [-0.2, 0) is 9.53 Å². The van der Waals surface area contributed by atoms with E-state index in [1.54, 1.807) is 6.07 Å². The lowest BCUT2D eigenvalue weighted by Gasteiger charge is -2.34. The van der Waals surface area contributed by atoms with Gasteiger partial charge in [0.15, 0.2) is 0 Å². The first-order chi connectivity index (χ1) is 12.3. The summed E-state index contributed by atoms with van der Waals surface area (Å²) < 4.78 is 4.77. The quantitative estimate of drug-likeness (QED) is 0.688. The molecule has 2 rings (SSSR count). The van der Waals surface area contributed by atoms with Crippen molar-refractivity contribution in [2.45, 2.75) is 64.7 Å². The summed E-state index contributed by atoms with van der Waals surface area (Å²) in [5.41, 5.74) is 2.03. The highest BCUT2D eigenvalue weighted by Crippen LogP contribution is 2.47. The van der Waals surface area contributed by atoms with Gasteiger partial charge in [0.1, 0.15) is 5.75 Å². The zero-order valence-electron chi connectivity index (χ0n) is 16.1. The molecule has 1 aromatic rings. The summed E-state index contributed by atoms with van der Waals surface area (Å²) in [6.07, 6.45) is 4.64. The van der Waals surface area contributed by atoms with Gasteiger partial charge in [-0.2, -0.15) is 0 Å². The SMILES string of the molecule is COC(=O)C(C)CCCC(C)C1CCC(C)c2c(O)cc(C(=O)O)cc21. The van der Waals surface area contributed by atoms with E-state index in [0.29, 0.717) is 5.92 Å². The summed E-state index contributed by atoms with van der Waals surface area (Å²) in [4.78, 5) is 22.9. The number of carboxylic acids is 1. The molecule has 144 valence electrons. The molecular formula is C21H30O5. The van der Waals surface area contributed by atoms with Crippen molar-refractivity contribution in [2.24, 2.45) is 11.8 Å². The highest BCUT2D eigenvalue weighted by molar-refractivity contribution is 5.88. The second-order valence-electron chi connectivity index (χ2n) is 7.72. The van der Waals surface area contributed by atoms with Gasteiger partial charge in [0.2, 0.25) is 0 Å². The molecule has 4 atom stereocenters. The summed E-state index contributed by atoms with van der Waals surface area (Å²) >= 11 is 0. The lowest BCUT2D eigenvalue weighted by atomic mass is 9.70. The number of hydrogen-bond acceptors (Lipinski definition) is 4. The van der Waals surface area contributed by atoms with E-state index in [1.165, 1.54) is 13.2 Å². The number of carbonyl (C=O) groups excluding carboxylic acids is 1. The second kappa shape index (κ2) is 8.56. The zero-order valence-corrected chi connectivity index (χ0v) is 16.1. The molecule has 2 N–H and O–H groups in total. The number of aromatic carboxylic acids is 1. The van der Waals surface area contributed by atoms with Gasteiger partial charge in [0, 0.05) is 5.56 Å². The topological polar surface area (TPSA) is 83.8 Å². The fraction of sp³-hybridized carbons (Fsp3) is 0.619. The third-order valence-corrected chi connectivity index (χ3v) is 5.83. The van der Waals surface area contributed by atoms with E-state index in [9.17, 15) is 19.8 Å². The van der Waals surface area contributed by atoms with E-state index in [4.69, 9.17) is 4.74 Å². The van der Waals surface area contributed by atoms with Crippen LogP contribution < -0.4 is 0 Å². The minimum atomic E-state index is -1.01. The van der Waals surface area contributed by atoms with Crippen LogP contribution in [0.2, 0.25) is 0 Å². The van der Waals surface area contributed by atoms with Gasteiger partial charge >= 0.3 is 11.9 Å². The average molecular weight is 362 g/mol. The Morgan fingerprint density at radius 2 is 1.92 bits per heavy atom. The summed E-state index contributed by atoms with van der Waals surface area (Å²) in [6, 6.07) is 3.11. The van der Waals surface area contributed by atoms with Gasteiger partial charge < -0.3 is 14.9 Å². The Balaban J connectivity index is 2.15. The third kappa shape index (κ3) is 4.37. The highest BCUT2D eigenvalue weighted by Gasteiger charge is 2.31. The van der Waals surface area contributed by atoms with Crippen LogP contribution in [0.5, 0.6) is 5.75 Å². The van der Waals surface area contributed by atoms with Crippen LogP contribution in [0.4, 0.5) is 0 Å². The number of esters is 1. The fourth-order valence-corrected chi connectivity index (χ4v) is 4.21. The molecule has 0 heterocycles. The molecule has 0 fully saturated rings. The molecule has 0 aliphatic heterocycles. The number of phenols is 1. The van der Waals surface area contributed by atoms with Gasteiger partial charge in [-0.3, -0.25) is 4.79 Å². The lowest BCUT2D eigenvalue weighted by Crippen LogP contribution is -2.20. The van der Waals surface area contributed by atoms with Crippen LogP contribution in [0.25, 0.3) is 0 Å². The van der Waals surface area contributed by atoms with E-state index in [2.05, 4.69) is 13.8 Å². The van der Waals surface area contributed by atoms with Gasteiger partial charge in [0.25, 0.3) is 0 Å². The average Bonchev–Trinajstić information content (AvgIpc) is 2.60. The van der Waals surface area contributed by atoms with Crippen molar-refractivity contribution in [3.63, 3.8) is 0 Å². The maximum absolute atomic E-state index is 11.5. The Morgan fingerprint density at radius 3 is 2.54 bits per heavy atom. The van der Waals surface area contributed by atoms with Crippen molar-refractivity contribution in [1.82, 2.24) is 0 Å². The Morgan fingerprint density at radius 1 is 1.23 bits per heavy atom. The van der Waals surface area contributed by atoms with Gasteiger partial charge in [-0.25, -0.2) is 4.79 Å². The monoisotopic (exact) mass is 362 g/mol. The maximum atomic E-state index is 11.5. The van der Waals surface area contributed by atoms with Gasteiger partial charge in [-0.05, 0) is 54.7 Å². The van der Waals surface area contributed by atoms with Crippen LogP contribution in [0, 0.1) is 11.8 Å². The molecule has 0 saturated heterocycles. The number of phenolic OH excluding ortho intramolecular Hbond substituents is 1. The molecule has 0 aromatic heterocycles. The van der Waals surface area contributed by atoms with E-state index in [-0.39, 0.29) is 35.0 Å². The van der Waals surface area contributed by atoms with Gasteiger partial charge in [0.05, 0.1) is 18.6 Å². The Labute approximate surface area is 155 Å². The standard InChI is InChI=1S/C21H30O5/c1-12(6-5-7-14(3)21(25)26-4)16-9-8-13(2)19-17(16)10-15(20(23)24)11-18(19)22/h10-14,16,22H,5-9H2,1-4H3,(H,23,24). The van der Waals surface area contributed by atoms with E-state index in [1.807, 2.05) is 6.92 Å². The second-order valence-corrected chi connectivity index (χ2v) is 7.72. The van der Waals surface area contributed by atoms with Gasteiger partial charge in [-0.15, -0.1) is 0 Å². The number of carbonyl (C=O) groups is 2. The first-order valence-electron chi connectivity index (χ1n) is 9.44. The van der Waals surface area contributed by atoms with Crippen LogP contribution >= 0.6 is 0 Å². The molecule has 0 radical (unpaired) electrons. The van der Waals surface area contributed by atoms with E-state index in [0.717, 1.165) is 43.2 Å². The molecule has 1 aliphatic rings. The molecule has 1 aromatic carbocycles. The third-order valence-electron chi connectivity index (χ3n) is 5.83. The first kappa shape index (κ1) is 20.3. The molecule has 4 unspecified atom stereocenters. The predicted molar refractivity (Wildman–Crippen MR) is 99.7 cm³/mol. The van der Waals surface area contributed by atoms with Crippen LogP contribution in [0.1, 0.15) is 86.2 Å². The smallest absolute Gasteiger partial charge is 0.335 e. The highest BCUT2D eigenvalue weighted by atomic mass is 16.5. The van der Waals surface area contributed by atoms with E-state index >= 15 is 0 Å². The van der Waals surface area contributed by atoms with Crippen molar-refractivity contribution in [2.75, 3.05) is 7.11 Å². The molecule has 0 bridgehead atoms. The van der Waals surface area contributed by atoms with Crippen molar-refractivity contribution in [1.29, 1.82) is 0 Å². The van der Waals surface area contributed by atoms with Crippen molar-refractivity contribution < 1.29 is 24.5 Å². The summed E-state index contributed by atoms with van der Waals surface area (Å²) in [5.74, 6) is -0.368. The first-order valence-corrected chi connectivity index (χ1v) is 9.44. The maximum Gasteiger partial charge on any atom is 0.335 e. The molecule has 1 aliphatic carbocycles. The Hall–Kier alpha value is -2.04. The fourth-order valence-electron chi connectivity index (χ4n) is 4.21. The van der Waals surface area contributed by atoms with Gasteiger partial charge in [-0.1, -0.05) is 33.6 Å². The molecule has 26 heavy (non-hydrogen) atoms. The summed E-state index contributed by atoms with van der Waals surface area (Å²) in [5, 5.41) is 19.7. The number of methoxy groups -OCH3 is 1. The minimum absolute atomic E-state index is 0.101. The van der Waals surface area contributed by atoms with E-state index < -0.39 is 5.97 Å². The molecule has 0 spiro atoms. The van der Waals surface area contributed by atoms with Crippen LogP contribution in [0.15, 0.2) is 12.1 Å². The normalized spacial score (nSPS) is 21.5. The number of hydrogen-bond donors (Lipinski definition) is 2. The number of carboxylic acid groups (broad SMARTS) is 1. The number of aromatic hydroxyl groups is 1. The molecule has 0 saturated carbocycles. The minimum Gasteiger partial charge on any atom is -0.508 e. The number of rotatable bonds is 7. The number of benzene rings is 1.